The van der Waals surface area contributed by atoms with Gasteiger partial charge in [0, 0.05) is 56.4 Å². The summed E-state index contributed by atoms with van der Waals surface area (Å²) in [5.74, 6) is 1.13. The van der Waals surface area contributed by atoms with E-state index in [4.69, 9.17) is 9.47 Å². The minimum atomic E-state index is -0.423. The van der Waals surface area contributed by atoms with Crippen molar-refractivity contribution in [1.29, 1.82) is 0 Å². The number of hydrogen-bond donors (Lipinski definition) is 1. The number of amides is 1. The van der Waals surface area contributed by atoms with Crippen LogP contribution < -0.4 is 10.1 Å². The molecule has 5 rings (SSSR count). The molecule has 1 unspecified atom stereocenters. The van der Waals surface area contributed by atoms with E-state index < -0.39 is 5.79 Å². The van der Waals surface area contributed by atoms with Gasteiger partial charge < -0.3 is 14.8 Å². The summed E-state index contributed by atoms with van der Waals surface area (Å²) in [7, 11) is 0. The van der Waals surface area contributed by atoms with Gasteiger partial charge in [-0.25, -0.2) is 0 Å². The van der Waals surface area contributed by atoms with Crippen LogP contribution in [0.25, 0.3) is 0 Å². The van der Waals surface area contributed by atoms with Crippen LogP contribution in [0.4, 0.5) is 0 Å². The van der Waals surface area contributed by atoms with Crippen molar-refractivity contribution in [2.24, 2.45) is 0 Å². The molecule has 5 heteroatoms. The summed E-state index contributed by atoms with van der Waals surface area (Å²) in [6, 6.07) is 7.31. The van der Waals surface area contributed by atoms with Crippen LogP contribution in [-0.4, -0.2) is 42.3 Å². The molecule has 3 heterocycles. The molecule has 3 aliphatic heterocycles. The van der Waals surface area contributed by atoms with Crippen LogP contribution in [0.15, 0.2) is 18.2 Å². The van der Waals surface area contributed by atoms with Gasteiger partial charge in [-0.1, -0.05) is 12.5 Å². The highest BCUT2D eigenvalue weighted by Gasteiger charge is 2.42. The molecule has 26 heavy (non-hydrogen) atoms. The molecule has 1 atom stereocenters. The monoisotopic (exact) mass is 356 g/mol. The van der Waals surface area contributed by atoms with E-state index in [1.807, 2.05) is 0 Å². The van der Waals surface area contributed by atoms with Crippen molar-refractivity contribution in [2.75, 3.05) is 19.6 Å². The second-order valence-electron chi connectivity index (χ2n) is 8.33. The van der Waals surface area contributed by atoms with Gasteiger partial charge in [-0.15, -0.1) is 0 Å². The Morgan fingerprint density at radius 1 is 1.15 bits per heavy atom. The van der Waals surface area contributed by atoms with E-state index in [1.165, 1.54) is 24.8 Å². The number of carbonyl (C=O) groups is 1. The van der Waals surface area contributed by atoms with Gasteiger partial charge in [-0.3, -0.25) is 9.69 Å². The maximum absolute atomic E-state index is 11.4. The Labute approximate surface area is 155 Å². The molecule has 1 aliphatic carbocycles. The maximum atomic E-state index is 11.4. The molecule has 2 saturated heterocycles. The van der Waals surface area contributed by atoms with Crippen LogP contribution in [0.1, 0.15) is 62.0 Å². The second-order valence-corrected chi connectivity index (χ2v) is 8.33. The number of carbonyl (C=O) groups excluding carboxylic acids is 1. The molecular weight excluding hydrogens is 328 g/mol. The number of fused-ring (bicyclic) bond motifs is 1. The van der Waals surface area contributed by atoms with Gasteiger partial charge in [0.15, 0.2) is 0 Å². The largest absolute Gasteiger partial charge is 0.462 e. The van der Waals surface area contributed by atoms with Crippen molar-refractivity contribution in [3.8, 4) is 5.75 Å². The second kappa shape index (κ2) is 6.54. The average molecular weight is 356 g/mol. The number of ether oxygens (including phenoxy) is 2. The third-order valence-electron chi connectivity index (χ3n) is 6.76. The smallest absolute Gasteiger partial charge is 0.220 e. The zero-order valence-corrected chi connectivity index (χ0v) is 15.3. The van der Waals surface area contributed by atoms with Crippen molar-refractivity contribution in [1.82, 2.24) is 10.2 Å². The molecule has 5 nitrogen and oxygen atoms in total. The molecular formula is C21H28N2O3. The first-order valence-corrected chi connectivity index (χ1v) is 10.2. The summed E-state index contributed by atoms with van der Waals surface area (Å²) in [6.45, 7) is 3.53. The van der Waals surface area contributed by atoms with Gasteiger partial charge in [0.05, 0.1) is 6.61 Å². The summed E-state index contributed by atoms with van der Waals surface area (Å²) in [5, 5.41) is 2.97. The Balaban J connectivity index is 1.26. The van der Waals surface area contributed by atoms with Gasteiger partial charge in [0.1, 0.15) is 5.75 Å². The van der Waals surface area contributed by atoms with Gasteiger partial charge in [0.25, 0.3) is 0 Å². The highest BCUT2D eigenvalue weighted by atomic mass is 16.7. The highest BCUT2D eigenvalue weighted by Crippen LogP contribution is 2.40. The predicted molar refractivity (Wildman–Crippen MR) is 98.0 cm³/mol. The van der Waals surface area contributed by atoms with Crippen LogP contribution in [0.3, 0.4) is 0 Å². The van der Waals surface area contributed by atoms with E-state index in [0.29, 0.717) is 18.9 Å². The average Bonchev–Trinajstić information content (AvgIpc) is 2.63. The number of rotatable bonds is 2. The fourth-order valence-electron chi connectivity index (χ4n) is 4.75. The molecule has 1 aromatic carbocycles. The number of piperidine rings is 2. The molecule has 1 aromatic rings. The minimum absolute atomic E-state index is 0.168. The Kier molecular flexibility index (Phi) is 4.17. The molecule has 1 saturated carbocycles. The van der Waals surface area contributed by atoms with Crippen LogP contribution in [0.5, 0.6) is 5.75 Å². The van der Waals surface area contributed by atoms with Gasteiger partial charge in [-0.05, 0) is 37.0 Å². The zero-order valence-electron chi connectivity index (χ0n) is 15.3. The fourth-order valence-corrected chi connectivity index (χ4v) is 4.75. The van der Waals surface area contributed by atoms with E-state index in [0.717, 1.165) is 56.3 Å². The van der Waals surface area contributed by atoms with E-state index >= 15 is 0 Å². The van der Waals surface area contributed by atoms with Gasteiger partial charge in [0.2, 0.25) is 11.7 Å². The summed E-state index contributed by atoms with van der Waals surface area (Å²) in [4.78, 5) is 14.0. The SMILES string of the molecule is O=C1CCC(c2ccc3c(c2)COC2(CCN(C4CCC4)CC2)O3)CN1. The minimum Gasteiger partial charge on any atom is -0.462 e. The fraction of sp³-hybridized carbons (Fsp3) is 0.667. The molecule has 1 spiro atoms. The lowest BCUT2D eigenvalue weighted by atomic mass is 9.88. The van der Waals surface area contributed by atoms with Gasteiger partial charge >= 0.3 is 0 Å². The lowest BCUT2D eigenvalue weighted by molar-refractivity contribution is -0.231. The van der Waals surface area contributed by atoms with Crippen molar-refractivity contribution < 1.29 is 14.3 Å². The maximum Gasteiger partial charge on any atom is 0.220 e. The van der Waals surface area contributed by atoms with Crippen LogP contribution in [0, 0.1) is 0 Å². The Hall–Kier alpha value is -1.59. The quantitative estimate of drug-likeness (QED) is 0.885. The van der Waals surface area contributed by atoms with Crippen LogP contribution >= 0.6 is 0 Å². The van der Waals surface area contributed by atoms with Crippen LogP contribution in [0.2, 0.25) is 0 Å². The standard InChI is InChI=1S/C21H28N2O3/c24-20-7-5-16(13-22-20)15-4-6-19-17(12-15)14-25-21(26-19)8-10-23(11-9-21)18-2-1-3-18/h4,6,12,16,18H,1-3,5,7-11,13-14H2,(H,22,24). The molecule has 0 aromatic heterocycles. The third-order valence-corrected chi connectivity index (χ3v) is 6.76. The van der Waals surface area contributed by atoms with Crippen LogP contribution in [-0.2, 0) is 16.1 Å². The number of hydrogen-bond acceptors (Lipinski definition) is 4. The summed E-state index contributed by atoms with van der Waals surface area (Å²) in [6.07, 6.45) is 7.57. The molecule has 3 fully saturated rings. The Morgan fingerprint density at radius 3 is 2.69 bits per heavy atom. The first-order chi connectivity index (χ1) is 12.7. The Bertz CT molecular complexity index is 682. The number of nitrogens with zero attached hydrogens (tertiary/aromatic N) is 1. The molecule has 4 aliphatic rings. The van der Waals surface area contributed by atoms with E-state index in [9.17, 15) is 4.79 Å². The topological polar surface area (TPSA) is 50.8 Å². The lowest BCUT2D eigenvalue weighted by Gasteiger charge is -2.47. The molecule has 0 radical (unpaired) electrons. The zero-order chi connectivity index (χ0) is 17.6. The Morgan fingerprint density at radius 2 is 2.00 bits per heavy atom. The molecule has 1 N–H and O–H groups in total. The summed E-state index contributed by atoms with van der Waals surface area (Å²) >= 11 is 0. The van der Waals surface area contributed by atoms with Crippen molar-refractivity contribution in [3.05, 3.63) is 29.3 Å². The molecule has 0 bridgehead atoms. The van der Waals surface area contributed by atoms with Crippen molar-refractivity contribution in [3.63, 3.8) is 0 Å². The highest BCUT2D eigenvalue weighted by molar-refractivity contribution is 5.76. The first kappa shape index (κ1) is 16.6. The third kappa shape index (κ3) is 3.01. The number of nitrogens with one attached hydrogen (secondary N) is 1. The normalized spacial score (nSPS) is 28.8. The molecule has 1 amide bonds. The lowest BCUT2D eigenvalue weighted by Crippen LogP contribution is -2.54. The van der Waals surface area contributed by atoms with Crippen molar-refractivity contribution >= 4 is 5.91 Å². The molecule has 140 valence electrons. The number of benzene rings is 1. The first-order valence-electron chi connectivity index (χ1n) is 10.2. The van der Waals surface area contributed by atoms with Crippen molar-refractivity contribution in [2.45, 2.75) is 69.3 Å². The van der Waals surface area contributed by atoms with E-state index in [2.05, 4.69) is 28.4 Å². The predicted octanol–water partition coefficient (Wildman–Crippen LogP) is 2.93. The van der Waals surface area contributed by atoms with Gasteiger partial charge in [-0.2, -0.15) is 0 Å². The number of likely N-dealkylation sites (tertiary alicyclic amines) is 1. The van der Waals surface area contributed by atoms with E-state index in [-0.39, 0.29) is 5.91 Å². The van der Waals surface area contributed by atoms with E-state index in [1.54, 1.807) is 0 Å². The summed E-state index contributed by atoms with van der Waals surface area (Å²) < 4.78 is 12.6. The summed E-state index contributed by atoms with van der Waals surface area (Å²) in [5.41, 5.74) is 2.43.